The number of rotatable bonds is 7. The van der Waals surface area contributed by atoms with Gasteiger partial charge < -0.3 is 20.9 Å². The Bertz CT molecular complexity index is 1850. The third-order valence-electron chi connectivity index (χ3n) is 8.31. The quantitative estimate of drug-likeness (QED) is 0.294. The van der Waals surface area contributed by atoms with E-state index < -0.39 is 18.1 Å². The number of nitrogens with one attached hydrogen (secondary N) is 1. The number of benzene rings is 2. The van der Waals surface area contributed by atoms with E-state index in [-0.39, 0.29) is 32.0 Å². The van der Waals surface area contributed by atoms with Gasteiger partial charge in [-0.25, -0.2) is 9.37 Å². The van der Waals surface area contributed by atoms with Crippen molar-refractivity contribution in [3.05, 3.63) is 96.1 Å². The van der Waals surface area contributed by atoms with Gasteiger partial charge >= 0.3 is 0 Å². The van der Waals surface area contributed by atoms with Gasteiger partial charge in [-0.3, -0.25) is 14.3 Å². The molecule has 222 valence electrons. The fourth-order valence-corrected chi connectivity index (χ4v) is 6.14. The molecule has 0 bridgehead atoms. The Morgan fingerprint density at radius 3 is 2.70 bits per heavy atom. The van der Waals surface area contributed by atoms with E-state index in [0.717, 1.165) is 39.0 Å². The van der Waals surface area contributed by atoms with Gasteiger partial charge in [0.15, 0.2) is 0 Å². The minimum atomic E-state index is -1.30. The van der Waals surface area contributed by atoms with Crippen LogP contribution in [-0.2, 0) is 35.8 Å². The van der Waals surface area contributed by atoms with E-state index in [0.29, 0.717) is 24.5 Å². The van der Waals surface area contributed by atoms with Gasteiger partial charge in [-0.2, -0.15) is 15.3 Å². The Morgan fingerprint density at radius 1 is 1.00 bits per heavy atom. The van der Waals surface area contributed by atoms with Gasteiger partial charge in [0.05, 0.1) is 30.1 Å². The molecule has 2 aromatic carbocycles. The van der Waals surface area contributed by atoms with Crippen LogP contribution in [0.4, 0.5) is 15.9 Å². The smallest absolute Gasteiger partial charge is 0.247 e. The molecule has 2 atom stereocenters. The second-order valence-corrected chi connectivity index (χ2v) is 11.0. The average Bonchev–Trinajstić information content (AvgIpc) is 3.77. The number of halogens is 1. The second kappa shape index (κ2) is 11.5. The number of hydrogen-bond acceptors (Lipinski definition) is 8. The van der Waals surface area contributed by atoms with Crippen LogP contribution < -0.4 is 16.0 Å². The fraction of sp³-hybridized carbons (Fsp3) is 0.250. The van der Waals surface area contributed by atoms with Gasteiger partial charge in [-0.05, 0) is 53.1 Å². The number of nitrogens with zero attached hydrogens (tertiary/aromatic N) is 7. The maximum absolute atomic E-state index is 14.8. The summed E-state index contributed by atoms with van der Waals surface area (Å²) in [5.41, 5.74) is 11.9. The minimum absolute atomic E-state index is 0.0656. The SMILES string of the molecule is NCc1nn(CC(=O)N2CC(F)CC2C(=O)Nc2cccc3c2CN(c2ccccn2)C3)c2ccc(-c3ccnnc3)cc12. The Balaban J connectivity index is 1.09. The lowest BCUT2D eigenvalue weighted by Crippen LogP contribution is -2.44. The van der Waals surface area contributed by atoms with Gasteiger partial charge in [0.2, 0.25) is 11.8 Å². The number of hydrogen-bond donors (Lipinski definition) is 2. The lowest BCUT2D eigenvalue weighted by atomic mass is 10.1. The molecule has 7 rings (SSSR count). The van der Waals surface area contributed by atoms with Crippen molar-refractivity contribution in [2.45, 2.75) is 44.8 Å². The number of carbonyl (C=O) groups excluding carboxylic acids is 2. The van der Waals surface area contributed by atoms with Crippen molar-refractivity contribution < 1.29 is 14.0 Å². The summed E-state index contributed by atoms with van der Waals surface area (Å²) in [5.74, 6) is 0.0513. The zero-order valence-electron chi connectivity index (χ0n) is 23.8. The van der Waals surface area contributed by atoms with Gasteiger partial charge in [0, 0.05) is 48.9 Å². The maximum Gasteiger partial charge on any atom is 0.247 e. The Kier molecular flexibility index (Phi) is 7.18. The van der Waals surface area contributed by atoms with E-state index >= 15 is 0 Å². The molecule has 0 radical (unpaired) electrons. The van der Waals surface area contributed by atoms with Gasteiger partial charge in [-0.1, -0.05) is 24.3 Å². The molecule has 0 spiro atoms. The van der Waals surface area contributed by atoms with Gasteiger partial charge in [-0.15, -0.1) is 0 Å². The third kappa shape index (κ3) is 5.13. The van der Waals surface area contributed by atoms with Crippen LogP contribution in [0.15, 0.2) is 79.3 Å². The lowest BCUT2D eigenvalue weighted by molar-refractivity contribution is -0.137. The summed E-state index contributed by atoms with van der Waals surface area (Å²) in [4.78, 5) is 35.1. The molecule has 5 heterocycles. The molecular weight excluding hydrogens is 561 g/mol. The molecule has 12 heteroatoms. The van der Waals surface area contributed by atoms with E-state index in [1.54, 1.807) is 23.3 Å². The first-order chi connectivity index (χ1) is 21.5. The van der Waals surface area contributed by atoms with Crippen molar-refractivity contribution in [1.29, 1.82) is 0 Å². The molecule has 5 aromatic rings. The zero-order chi connectivity index (χ0) is 30.2. The molecule has 1 saturated heterocycles. The molecule has 44 heavy (non-hydrogen) atoms. The van der Waals surface area contributed by atoms with Crippen molar-refractivity contribution >= 4 is 34.2 Å². The summed E-state index contributed by atoms with van der Waals surface area (Å²) in [6.07, 6.45) is 3.67. The average molecular weight is 592 g/mol. The normalized spacial score (nSPS) is 17.7. The van der Waals surface area contributed by atoms with E-state index in [1.807, 2.05) is 60.7 Å². The highest BCUT2D eigenvalue weighted by Crippen LogP contribution is 2.33. The predicted molar refractivity (Wildman–Crippen MR) is 163 cm³/mol. The summed E-state index contributed by atoms with van der Waals surface area (Å²) < 4.78 is 16.3. The second-order valence-electron chi connectivity index (χ2n) is 11.0. The van der Waals surface area contributed by atoms with Crippen molar-refractivity contribution in [2.75, 3.05) is 16.8 Å². The Hall–Kier alpha value is -5.23. The molecule has 2 aliphatic heterocycles. The van der Waals surface area contributed by atoms with E-state index in [9.17, 15) is 14.0 Å². The van der Waals surface area contributed by atoms with Crippen LogP contribution in [-0.4, -0.2) is 60.4 Å². The fourth-order valence-electron chi connectivity index (χ4n) is 6.14. The number of anilines is 2. The van der Waals surface area contributed by atoms with Crippen molar-refractivity contribution in [3.8, 4) is 11.1 Å². The first kappa shape index (κ1) is 27.6. The third-order valence-corrected chi connectivity index (χ3v) is 8.31. The summed E-state index contributed by atoms with van der Waals surface area (Å²) in [6, 6.07) is 18.2. The van der Waals surface area contributed by atoms with Gasteiger partial charge in [0.25, 0.3) is 0 Å². The highest BCUT2D eigenvalue weighted by molar-refractivity contribution is 5.98. The minimum Gasteiger partial charge on any atom is -0.348 e. The highest BCUT2D eigenvalue weighted by Gasteiger charge is 2.40. The number of fused-ring (bicyclic) bond motifs is 2. The number of pyridine rings is 1. The van der Waals surface area contributed by atoms with E-state index in [1.165, 1.54) is 4.90 Å². The van der Waals surface area contributed by atoms with Crippen molar-refractivity contribution in [2.24, 2.45) is 5.73 Å². The predicted octanol–water partition coefficient (Wildman–Crippen LogP) is 3.44. The topological polar surface area (TPSA) is 135 Å². The molecule has 3 aromatic heterocycles. The maximum atomic E-state index is 14.8. The van der Waals surface area contributed by atoms with Crippen LogP contribution in [0.3, 0.4) is 0 Å². The number of alkyl halides is 1. The largest absolute Gasteiger partial charge is 0.348 e. The van der Waals surface area contributed by atoms with Gasteiger partial charge in [0.1, 0.15) is 24.6 Å². The van der Waals surface area contributed by atoms with Crippen LogP contribution in [0.1, 0.15) is 23.2 Å². The molecule has 0 saturated carbocycles. The first-order valence-corrected chi connectivity index (χ1v) is 14.5. The molecule has 3 N–H and O–H groups in total. The molecular formula is C32H30FN9O2. The van der Waals surface area contributed by atoms with Crippen molar-refractivity contribution in [3.63, 3.8) is 0 Å². The van der Waals surface area contributed by atoms with Crippen LogP contribution in [0.2, 0.25) is 0 Å². The lowest BCUT2D eigenvalue weighted by Gasteiger charge is -2.24. The Morgan fingerprint density at radius 2 is 1.91 bits per heavy atom. The van der Waals surface area contributed by atoms with E-state index in [4.69, 9.17) is 5.73 Å². The molecule has 1 fully saturated rings. The molecule has 0 aliphatic carbocycles. The van der Waals surface area contributed by atoms with Crippen LogP contribution >= 0.6 is 0 Å². The number of aromatic nitrogens is 5. The molecule has 11 nitrogen and oxygen atoms in total. The highest BCUT2D eigenvalue weighted by atomic mass is 19.1. The van der Waals surface area contributed by atoms with Crippen LogP contribution in [0.25, 0.3) is 22.0 Å². The van der Waals surface area contributed by atoms with E-state index in [2.05, 4.69) is 30.5 Å². The number of amides is 2. The summed E-state index contributed by atoms with van der Waals surface area (Å²) in [7, 11) is 0. The number of nitrogens with two attached hydrogens (primary N) is 1. The van der Waals surface area contributed by atoms with Crippen molar-refractivity contribution in [1.82, 2.24) is 29.9 Å². The molecule has 2 aliphatic rings. The number of carbonyl (C=O) groups is 2. The summed E-state index contributed by atoms with van der Waals surface area (Å²) in [6.45, 7) is 1.12. The molecule has 2 amide bonds. The van der Waals surface area contributed by atoms with Crippen LogP contribution in [0, 0.1) is 0 Å². The zero-order valence-corrected chi connectivity index (χ0v) is 23.8. The summed E-state index contributed by atoms with van der Waals surface area (Å²) >= 11 is 0. The number of likely N-dealkylation sites (tertiary alicyclic amines) is 1. The standard InChI is InChI=1S/C32H30FN9O2/c33-23-13-29(32(44)38-26-5-3-4-22-16-40(18-25(22)26)30-6-1-2-10-35-30)41(17-23)31(43)19-42-28-8-7-20(21-9-11-36-37-15-21)12-24(28)27(14-34)39-42/h1-12,15,23,29H,13-14,16-19,34H2,(H,38,44). The Labute approximate surface area is 252 Å². The first-order valence-electron chi connectivity index (χ1n) is 14.5. The monoisotopic (exact) mass is 591 g/mol. The van der Waals surface area contributed by atoms with Crippen LogP contribution in [0.5, 0.6) is 0 Å². The molecule has 2 unspecified atom stereocenters. The summed E-state index contributed by atoms with van der Waals surface area (Å²) in [5, 5.41) is 16.2.